The fourth-order valence-electron chi connectivity index (χ4n) is 2.58. The number of hydrogen-bond donors (Lipinski definition) is 2. The fourth-order valence-corrected chi connectivity index (χ4v) is 4.27. The first-order valence-electron chi connectivity index (χ1n) is 8.29. The van der Waals surface area contributed by atoms with Gasteiger partial charge in [-0.25, -0.2) is 13.4 Å². The fraction of sp³-hybridized carbons (Fsp3) is 0.158. The Balaban J connectivity index is 1.89. The number of rotatable bonds is 6. The number of anilines is 2. The smallest absolute Gasteiger partial charge is 0.262 e. The van der Waals surface area contributed by atoms with Crippen LogP contribution >= 0.6 is 11.3 Å². The third-order valence-corrected chi connectivity index (χ3v) is 5.98. The number of nitrogens with zero attached hydrogens (tertiary/aromatic N) is 1. The summed E-state index contributed by atoms with van der Waals surface area (Å²) in [5.74, 6) is -0.0223. The van der Waals surface area contributed by atoms with Crippen LogP contribution in [0.1, 0.15) is 11.9 Å². The molecular formula is C19H19N3O4S2. The van der Waals surface area contributed by atoms with Gasteiger partial charge in [0.15, 0.2) is 0 Å². The molecule has 7 nitrogen and oxygen atoms in total. The Kier molecular flexibility index (Phi) is 5.66. The van der Waals surface area contributed by atoms with Crippen molar-refractivity contribution in [2.45, 2.75) is 18.7 Å². The molecule has 0 aliphatic carbocycles. The Bertz CT molecular complexity index is 1120. The van der Waals surface area contributed by atoms with E-state index in [0.29, 0.717) is 11.4 Å². The van der Waals surface area contributed by atoms with E-state index < -0.39 is 10.0 Å². The van der Waals surface area contributed by atoms with Crippen molar-refractivity contribution in [3.05, 3.63) is 52.9 Å². The molecule has 0 radical (unpaired) electrons. The number of thiazole rings is 1. The number of amides is 1. The lowest BCUT2D eigenvalue weighted by atomic mass is 10.1. The van der Waals surface area contributed by atoms with Crippen molar-refractivity contribution in [2.75, 3.05) is 17.1 Å². The average Bonchev–Trinajstić information content (AvgIpc) is 3.08. The summed E-state index contributed by atoms with van der Waals surface area (Å²) in [5, 5.41) is 5.46. The van der Waals surface area contributed by atoms with Crippen molar-refractivity contribution >= 4 is 38.6 Å². The van der Waals surface area contributed by atoms with Crippen LogP contribution in [0.3, 0.4) is 0 Å². The average molecular weight is 418 g/mol. The van der Waals surface area contributed by atoms with Crippen LogP contribution in [0.2, 0.25) is 0 Å². The minimum atomic E-state index is -3.85. The van der Waals surface area contributed by atoms with Crippen molar-refractivity contribution in [3.8, 4) is 17.0 Å². The molecule has 3 rings (SSSR count). The number of ether oxygens (including phenoxy) is 1. The molecule has 1 aromatic heterocycles. The van der Waals surface area contributed by atoms with Crippen LogP contribution in [0.5, 0.6) is 5.75 Å². The van der Waals surface area contributed by atoms with Gasteiger partial charge in [-0.3, -0.25) is 9.52 Å². The summed E-state index contributed by atoms with van der Waals surface area (Å²) < 4.78 is 33.3. The molecule has 0 saturated heterocycles. The van der Waals surface area contributed by atoms with Crippen LogP contribution in [0.25, 0.3) is 11.3 Å². The van der Waals surface area contributed by atoms with Gasteiger partial charge in [0, 0.05) is 29.6 Å². The van der Waals surface area contributed by atoms with E-state index in [4.69, 9.17) is 4.74 Å². The quantitative estimate of drug-likeness (QED) is 0.634. The zero-order valence-corrected chi connectivity index (χ0v) is 17.1. The molecule has 9 heteroatoms. The SMILES string of the molecule is COc1cc(S(=O)(=O)Nc2cccc(-c3csc(C)n3)c2)ccc1NC(C)=O. The van der Waals surface area contributed by atoms with E-state index in [1.165, 1.54) is 43.6 Å². The molecule has 28 heavy (non-hydrogen) atoms. The Morgan fingerprint density at radius 2 is 1.96 bits per heavy atom. The number of methoxy groups -OCH3 is 1. The minimum absolute atomic E-state index is 0.0216. The molecule has 2 N–H and O–H groups in total. The van der Waals surface area contributed by atoms with Gasteiger partial charge in [0.25, 0.3) is 10.0 Å². The van der Waals surface area contributed by atoms with Crippen LogP contribution in [0.15, 0.2) is 52.7 Å². The van der Waals surface area contributed by atoms with E-state index in [0.717, 1.165) is 16.3 Å². The second kappa shape index (κ2) is 7.99. The second-order valence-corrected chi connectivity index (χ2v) is 8.73. The largest absolute Gasteiger partial charge is 0.495 e. The van der Waals surface area contributed by atoms with Gasteiger partial charge in [-0.2, -0.15) is 0 Å². The Hall–Kier alpha value is -2.91. The third-order valence-electron chi connectivity index (χ3n) is 3.82. The highest BCUT2D eigenvalue weighted by Gasteiger charge is 2.18. The Labute approximate surface area is 167 Å². The van der Waals surface area contributed by atoms with Crippen molar-refractivity contribution in [2.24, 2.45) is 0 Å². The molecule has 0 fully saturated rings. The van der Waals surface area contributed by atoms with Crippen LogP contribution in [0.4, 0.5) is 11.4 Å². The normalized spacial score (nSPS) is 11.1. The second-order valence-electron chi connectivity index (χ2n) is 5.98. The van der Waals surface area contributed by atoms with Crippen molar-refractivity contribution in [1.29, 1.82) is 0 Å². The van der Waals surface area contributed by atoms with Crippen molar-refractivity contribution in [3.63, 3.8) is 0 Å². The summed E-state index contributed by atoms with van der Waals surface area (Å²) in [6, 6.07) is 11.3. The summed E-state index contributed by atoms with van der Waals surface area (Å²) in [6.07, 6.45) is 0. The summed E-state index contributed by atoms with van der Waals surface area (Å²) in [5.41, 5.74) is 2.44. The first-order valence-corrected chi connectivity index (χ1v) is 10.7. The molecule has 2 aromatic carbocycles. The molecule has 0 aliphatic rings. The summed E-state index contributed by atoms with van der Waals surface area (Å²) >= 11 is 1.53. The maximum atomic E-state index is 12.8. The van der Waals surface area contributed by atoms with E-state index in [2.05, 4.69) is 15.0 Å². The first-order chi connectivity index (χ1) is 13.3. The molecule has 1 amide bonds. The molecule has 146 valence electrons. The predicted molar refractivity (Wildman–Crippen MR) is 110 cm³/mol. The lowest BCUT2D eigenvalue weighted by Crippen LogP contribution is -2.14. The highest BCUT2D eigenvalue weighted by Crippen LogP contribution is 2.29. The zero-order chi connectivity index (χ0) is 20.3. The maximum absolute atomic E-state index is 12.8. The van der Waals surface area contributed by atoms with E-state index in [1.54, 1.807) is 18.2 Å². The number of carbonyl (C=O) groups excluding carboxylic acids is 1. The van der Waals surface area contributed by atoms with Gasteiger partial charge in [-0.05, 0) is 31.2 Å². The van der Waals surface area contributed by atoms with Gasteiger partial charge >= 0.3 is 0 Å². The van der Waals surface area contributed by atoms with E-state index >= 15 is 0 Å². The Morgan fingerprint density at radius 3 is 2.61 bits per heavy atom. The number of aromatic nitrogens is 1. The molecule has 0 bridgehead atoms. The monoisotopic (exact) mass is 417 g/mol. The van der Waals surface area contributed by atoms with E-state index in [-0.39, 0.29) is 16.6 Å². The molecule has 0 aliphatic heterocycles. The lowest BCUT2D eigenvalue weighted by Gasteiger charge is -2.13. The maximum Gasteiger partial charge on any atom is 0.262 e. The van der Waals surface area contributed by atoms with Gasteiger partial charge < -0.3 is 10.1 Å². The summed E-state index contributed by atoms with van der Waals surface area (Å²) in [4.78, 5) is 15.7. The van der Waals surface area contributed by atoms with Gasteiger partial charge in [-0.1, -0.05) is 12.1 Å². The van der Waals surface area contributed by atoms with Crippen LogP contribution in [-0.4, -0.2) is 26.4 Å². The lowest BCUT2D eigenvalue weighted by molar-refractivity contribution is -0.114. The van der Waals surface area contributed by atoms with Crippen LogP contribution in [0, 0.1) is 6.92 Å². The van der Waals surface area contributed by atoms with Gasteiger partial charge in [-0.15, -0.1) is 11.3 Å². The Morgan fingerprint density at radius 1 is 1.18 bits per heavy atom. The highest BCUT2D eigenvalue weighted by molar-refractivity contribution is 7.92. The standard InChI is InChI=1S/C19H19N3O4S2/c1-12(23)20-17-8-7-16(10-19(17)26-3)28(24,25)22-15-6-4-5-14(9-15)18-11-27-13(2)21-18/h4-11,22H,1-3H3,(H,20,23). The zero-order valence-electron chi connectivity index (χ0n) is 15.5. The van der Waals surface area contributed by atoms with E-state index in [1.807, 2.05) is 18.4 Å². The van der Waals surface area contributed by atoms with Gasteiger partial charge in [0.05, 0.1) is 28.4 Å². The number of carbonyl (C=O) groups is 1. The predicted octanol–water partition coefficient (Wildman–Crippen LogP) is 3.89. The molecule has 0 unspecified atom stereocenters. The summed E-state index contributed by atoms with van der Waals surface area (Å²) in [7, 11) is -2.44. The molecule has 0 spiro atoms. The molecule has 1 heterocycles. The van der Waals surface area contributed by atoms with E-state index in [9.17, 15) is 13.2 Å². The third kappa shape index (κ3) is 4.49. The van der Waals surface area contributed by atoms with Gasteiger partial charge in [0.1, 0.15) is 5.75 Å². The van der Waals surface area contributed by atoms with Gasteiger partial charge in [0.2, 0.25) is 5.91 Å². The van der Waals surface area contributed by atoms with Crippen LogP contribution in [-0.2, 0) is 14.8 Å². The molecule has 0 atom stereocenters. The molecular weight excluding hydrogens is 398 g/mol. The topological polar surface area (TPSA) is 97.4 Å². The number of benzene rings is 2. The number of hydrogen-bond acceptors (Lipinski definition) is 6. The summed E-state index contributed by atoms with van der Waals surface area (Å²) in [6.45, 7) is 3.28. The number of aryl methyl sites for hydroxylation is 1. The minimum Gasteiger partial charge on any atom is -0.495 e. The molecule has 3 aromatic rings. The van der Waals surface area contributed by atoms with Crippen molar-refractivity contribution in [1.82, 2.24) is 4.98 Å². The number of nitrogens with one attached hydrogen (secondary N) is 2. The first kappa shape index (κ1) is 19.8. The van der Waals surface area contributed by atoms with Crippen molar-refractivity contribution < 1.29 is 17.9 Å². The molecule has 0 saturated carbocycles. The van der Waals surface area contributed by atoms with Crippen LogP contribution < -0.4 is 14.8 Å². The highest BCUT2D eigenvalue weighted by atomic mass is 32.2. The number of sulfonamides is 1.